The zero-order chi connectivity index (χ0) is 16.8. The Morgan fingerprint density at radius 1 is 1.43 bits per heavy atom. The van der Waals surface area contributed by atoms with E-state index in [-0.39, 0.29) is 18.2 Å². The Labute approximate surface area is 144 Å². The molecule has 6 heteroatoms. The molecule has 1 fully saturated rings. The standard InChI is InChI=1S/C17H22BrNO4/c1-23-15-6-5-14(18)9-13(15)10-16(20)19-8-2-3-12(11-19)4-7-17(21)22/h5-6,9,12H,2-4,7-8,10-11H2,1H3,(H,21,22). The van der Waals surface area contributed by atoms with Gasteiger partial charge >= 0.3 is 5.97 Å². The van der Waals surface area contributed by atoms with E-state index >= 15 is 0 Å². The minimum Gasteiger partial charge on any atom is -0.496 e. The number of aliphatic carboxylic acids is 1. The number of hydrogen-bond donors (Lipinski definition) is 1. The van der Waals surface area contributed by atoms with Gasteiger partial charge in [0.1, 0.15) is 5.75 Å². The summed E-state index contributed by atoms with van der Waals surface area (Å²) in [4.78, 5) is 25.1. The van der Waals surface area contributed by atoms with Crippen molar-refractivity contribution in [2.24, 2.45) is 5.92 Å². The number of carboxylic acids is 1. The first-order chi connectivity index (χ1) is 11.0. The first kappa shape index (κ1) is 17.8. The summed E-state index contributed by atoms with van der Waals surface area (Å²) in [7, 11) is 1.60. The van der Waals surface area contributed by atoms with Gasteiger partial charge in [-0.15, -0.1) is 0 Å². The monoisotopic (exact) mass is 383 g/mol. The number of piperidine rings is 1. The number of methoxy groups -OCH3 is 1. The number of carboxylic acid groups (broad SMARTS) is 1. The smallest absolute Gasteiger partial charge is 0.303 e. The van der Waals surface area contributed by atoms with Gasteiger partial charge in [-0.25, -0.2) is 0 Å². The molecule has 0 radical (unpaired) electrons. The van der Waals surface area contributed by atoms with Gasteiger partial charge in [-0.05, 0) is 43.4 Å². The molecule has 2 rings (SSSR count). The van der Waals surface area contributed by atoms with Crippen molar-refractivity contribution in [3.63, 3.8) is 0 Å². The lowest BCUT2D eigenvalue weighted by atomic mass is 9.93. The topological polar surface area (TPSA) is 66.8 Å². The summed E-state index contributed by atoms with van der Waals surface area (Å²) in [6.45, 7) is 1.40. The van der Waals surface area contributed by atoms with Crippen molar-refractivity contribution in [1.82, 2.24) is 4.90 Å². The number of amides is 1. The fourth-order valence-electron chi connectivity index (χ4n) is 3.01. The quantitative estimate of drug-likeness (QED) is 0.819. The summed E-state index contributed by atoms with van der Waals surface area (Å²) in [5.41, 5.74) is 0.861. The number of carbonyl (C=O) groups is 2. The van der Waals surface area contributed by atoms with Crippen LogP contribution in [0.5, 0.6) is 5.75 Å². The third kappa shape index (κ3) is 5.23. The van der Waals surface area contributed by atoms with Gasteiger partial charge in [0.15, 0.2) is 0 Å². The number of ether oxygens (including phenoxy) is 1. The minimum atomic E-state index is -0.771. The van der Waals surface area contributed by atoms with E-state index in [4.69, 9.17) is 9.84 Å². The van der Waals surface area contributed by atoms with Crippen molar-refractivity contribution >= 4 is 27.8 Å². The third-order valence-corrected chi connectivity index (χ3v) is 4.72. The molecule has 1 unspecified atom stereocenters. The Morgan fingerprint density at radius 3 is 2.91 bits per heavy atom. The highest BCUT2D eigenvalue weighted by molar-refractivity contribution is 9.10. The lowest BCUT2D eigenvalue weighted by Crippen LogP contribution is -2.40. The normalized spacial score (nSPS) is 17.8. The zero-order valence-electron chi connectivity index (χ0n) is 13.3. The number of halogens is 1. The van der Waals surface area contributed by atoms with Crippen LogP contribution in [0.2, 0.25) is 0 Å². The van der Waals surface area contributed by atoms with E-state index in [0.29, 0.717) is 25.1 Å². The van der Waals surface area contributed by atoms with E-state index in [1.165, 1.54) is 0 Å². The van der Waals surface area contributed by atoms with Crippen molar-refractivity contribution in [3.8, 4) is 5.75 Å². The molecule has 1 aromatic rings. The van der Waals surface area contributed by atoms with Crippen molar-refractivity contribution in [1.29, 1.82) is 0 Å². The van der Waals surface area contributed by atoms with Crippen LogP contribution in [0.3, 0.4) is 0 Å². The van der Waals surface area contributed by atoms with Gasteiger partial charge in [0.05, 0.1) is 13.5 Å². The van der Waals surface area contributed by atoms with Crippen LogP contribution >= 0.6 is 15.9 Å². The minimum absolute atomic E-state index is 0.0708. The SMILES string of the molecule is COc1ccc(Br)cc1CC(=O)N1CCCC(CCC(=O)O)C1. The molecule has 1 atom stereocenters. The summed E-state index contributed by atoms with van der Waals surface area (Å²) in [6, 6.07) is 5.64. The second-order valence-corrected chi connectivity index (χ2v) is 6.83. The van der Waals surface area contributed by atoms with Gasteiger partial charge in [-0.1, -0.05) is 15.9 Å². The average Bonchev–Trinajstić information content (AvgIpc) is 2.53. The first-order valence-corrected chi connectivity index (χ1v) is 8.61. The molecule has 1 amide bonds. The zero-order valence-corrected chi connectivity index (χ0v) is 14.8. The summed E-state index contributed by atoms with van der Waals surface area (Å²) >= 11 is 3.42. The highest BCUT2D eigenvalue weighted by Crippen LogP contribution is 2.26. The van der Waals surface area contributed by atoms with Crippen LogP contribution in [0.1, 0.15) is 31.2 Å². The number of nitrogens with zero attached hydrogens (tertiary/aromatic N) is 1. The molecule has 1 aliphatic heterocycles. The van der Waals surface area contributed by atoms with Crippen molar-refractivity contribution in [2.75, 3.05) is 20.2 Å². The second kappa shape index (κ2) is 8.34. The van der Waals surface area contributed by atoms with E-state index in [9.17, 15) is 9.59 Å². The fourth-order valence-corrected chi connectivity index (χ4v) is 3.42. The number of benzene rings is 1. The molecule has 0 bridgehead atoms. The lowest BCUT2D eigenvalue weighted by Gasteiger charge is -2.33. The van der Waals surface area contributed by atoms with Gasteiger partial charge in [0.2, 0.25) is 5.91 Å². The molecular formula is C17H22BrNO4. The van der Waals surface area contributed by atoms with Crippen LogP contribution in [0.25, 0.3) is 0 Å². The molecule has 23 heavy (non-hydrogen) atoms. The van der Waals surface area contributed by atoms with Gasteiger partial charge in [-0.3, -0.25) is 9.59 Å². The molecule has 1 N–H and O–H groups in total. The highest BCUT2D eigenvalue weighted by Gasteiger charge is 2.24. The van der Waals surface area contributed by atoms with Crippen molar-refractivity contribution in [2.45, 2.75) is 32.1 Å². The molecule has 5 nitrogen and oxygen atoms in total. The Morgan fingerprint density at radius 2 is 2.22 bits per heavy atom. The predicted molar refractivity (Wildman–Crippen MR) is 90.6 cm³/mol. The highest BCUT2D eigenvalue weighted by atomic mass is 79.9. The van der Waals surface area contributed by atoms with E-state index in [1.54, 1.807) is 7.11 Å². The molecule has 0 spiro atoms. The molecule has 0 saturated carbocycles. The van der Waals surface area contributed by atoms with E-state index in [1.807, 2.05) is 23.1 Å². The maximum Gasteiger partial charge on any atom is 0.303 e. The summed E-state index contributed by atoms with van der Waals surface area (Å²) in [5.74, 6) is 0.294. The molecule has 1 heterocycles. The van der Waals surface area contributed by atoms with Crippen LogP contribution < -0.4 is 4.74 Å². The van der Waals surface area contributed by atoms with Gasteiger partial charge < -0.3 is 14.7 Å². The van der Waals surface area contributed by atoms with E-state index in [0.717, 1.165) is 29.4 Å². The first-order valence-electron chi connectivity index (χ1n) is 7.81. The van der Waals surface area contributed by atoms with E-state index < -0.39 is 5.97 Å². The largest absolute Gasteiger partial charge is 0.496 e. The lowest BCUT2D eigenvalue weighted by molar-refractivity contribution is -0.137. The maximum atomic E-state index is 12.6. The molecule has 0 aromatic heterocycles. The van der Waals surface area contributed by atoms with Crippen LogP contribution in [0, 0.1) is 5.92 Å². The Balaban J connectivity index is 1.97. The number of likely N-dealkylation sites (tertiary alicyclic amines) is 1. The van der Waals surface area contributed by atoms with Crippen LogP contribution in [-0.2, 0) is 16.0 Å². The van der Waals surface area contributed by atoms with Crippen LogP contribution in [0.4, 0.5) is 0 Å². The van der Waals surface area contributed by atoms with Crippen LogP contribution in [0.15, 0.2) is 22.7 Å². The predicted octanol–water partition coefficient (Wildman–Crippen LogP) is 3.10. The second-order valence-electron chi connectivity index (χ2n) is 5.91. The molecule has 1 aliphatic rings. The Bertz CT molecular complexity index is 576. The fraction of sp³-hybridized carbons (Fsp3) is 0.529. The number of carbonyl (C=O) groups excluding carboxylic acids is 1. The van der Waals surface area contributed by atoms with Crippen LogP contribution in [-0.4, -0.2) is 42.1 Å². The van der Waals surface area contributed by atoms with E-state index in [2.05, 4.69) is 15.9 Å². The Kier molecular flexibility index (Phi) is 6.45. The molecular weight excluding hydrogens is 362 g/mol. The average molecular weight is 384 g/mol. The van der Waals surface area contributed by atoms with Gasteiger partial charge in [0.25, 0.3) is 0 Å². The molecule has 1 aromatic carbocycles. The Hall–Kier alpha value is -1.56. The number of hydrogen-bond acceptors (Lipinski definition) is 3. The van der Waals surface area contributed by atoms with Crippen molar-refractivity contribution in [3.05, 3.63) is 28.2 Å². The summed E-state index contributed by atoms with van der Waals surface area (Å²) < 4.78 is 6.23. The maximum absolute atomic E-state index is 12.6. The molecule has 126 valence electrons. The molecule has 1 saturated heterocycles. The summed E-state index contributed by atoms with van der Waals surface area (Å²) in [5, 5.41) is 8.80. The third-order valence-electron chi connectivity index (χ3n) is 4.22. The van der Waals surface area contributed by atoms with Crippen molar-refractivity contribution < 1.29 is 19.4 Å². The summed E-state index contributed by atoms with van der Waals surface area (Å²) in [6.07, 6.45) is 3.04. The number of rotatable bonds is 6. The molecule has 0 aliphatic carbocycles. The van der Waals surface area contributed by atoms with Gasteiger partial charge in [-0.2, -0.15) is 0 Å². The van der Waals surface area contributed by atoms with Gasteiger partial charge in [0, 0.05) is 29.5 Å².